The molecule has 0 spiro atoms. The number of halogens is 6. The maximum absolute atomic E-state index is 13.3. The molecule has 0 amide bonds. The smallest absolute Gasteiger partial charge is 0.356 e. The lowest BCUT2D eigenvalue weighted by molar-refractivity contribution is -0.138. The van der Waals surface area contributed by atoms with Crippen molar-refractivity contribution in [2.75, 3.05) is 11.4 Å². The van der Waals surface area contributed by atoms with Gasteiger partial charge >= 0.3 is 12.4 Å². The van der Waals surface area contributed by atoms with Crippen molar-refractivity contribution in [3.05, 3.63) is 58.9 Å². The van der Waals surface area contributed by atoms with Crippen LogP contribution in [0.15, 0.2) is 36.7 Å². The van der Waals surface area contributed by atoms with Gasteiger partial charge in [0.2, 0.25) is 0 Å². The van der Waals surface area contributed by atoms with Gasteiger partial charge in [-0.25, -0.2) is 0 Å². The van der Waals surface area contributed by atoms with Gasteiger partial charge in [-0.2, -0.15) is 26.3 Å². The summed E-state index contributed by atoms with van der Waals surface area (Å²) in [5.74, 6) is 0. The minimum Gasteiger partial charge on any atom is -0.356 e. The Morgan fingerprint density at radius 2 is 1.81 bits per heavy atom. The molecule has 1 aliphatic rings. The highest BCUT2D eigenvalue weighted by Gasteiger charge is 2.39. The molecule has 0 bridgehead atoms. The first kappa shape index (κ1) is 18.2. The molecule has 0 radical (unpaired) electrons. The summed E-state index contributed by atoms with van der Waals surface area (Å²) in [4.78, 5) is 16.4. The Hall–Kier alpha value is -2.58. The summed E-state index contributed by atoms with van der Waals surface area (Å²) in [6.07, 6.45) is -6.79. The highest BCUT2D eigenvalue weighted by Crippen LogP contribution is 2.41. The number of benzene rings is 1. The summed E-state index contributed by atoms with van der Waals surface area (Å²) >= 11 is 0. The molecule has 138 valence electrons. The van der Waals surface area contributed by atoms with Crippen molar-refractivity contribution in [1.82, 2.24) is 4.98 Å². The van der Waals surface area contributed by atoms with Crippen LogP contribution in [0.5, 0.6) is 0 Å². The third-order valence-electron chi connectivity index (χ3n) is 4.29. The van der Waals surface area contributed by atoms with Crippen molar-refractivity contribution in [1.29, 1.82) is 0 Å². The topological polar surface area (TPSA) is 33.2 Å². The van der Waals surface area contributed by atoms with Gasteiger partial charge in [-0.3, -0.25) is 4.98 Å². The number of hydrogen-bond acceptors (Lipinski definition) is 3. The molecular formula is C17H12F6N2O. The van der Waals surface area contributed by atoms with Crippen LogP contribution in [0.25, 0.3) is 0 Å². The fourth-order valence-electron chi connectivity index (χ4n) is 3.09. The standard InChI is InChI=1S/C17H12F6N2O/c18-16(19,20)11-2-1-10-4-6-25(15(9-26)12(10)7-11)14-8-24-5-3-13(14)17(21,22)23/h1-3,5,7-9,15H,4,6H2. The fourth-order valence-corrected chi connectivity index (χ4v) is 3.09. The minimum absolute atomic E-state index is 0.0521. The molecule has 3 nitrogen and oxygen atoms in total. The lowest BCUT2D eigenvalue weighted by atomic mass is 9.90. The number of alkyl halides is 6. The Labute approximate surface area is 144 Å². The molecule has 2 heterocycles. The van der Waals surface area contributed by atoms with Crippen LogP contribution in [0.3, 0.4) is 0 Å². The van der Waals surface area contributed by atoms with E-state index in [1.54, 1.807) is 0 Å². The van der Waals surface area contributed by atoms with E-state index in [1.807, 2.05) is 0 Å². The maximum Gasteiger partial charge on any atom is 0.418 e. The molecule has 1 aliphatic heterocycles. The second-order valence-corrected chi connectivity index (χ2v) is 5.83. The van der Waals surface area contributed by atoms with E-state index in [0.717, 1.165) is 35.5 Å². The van der Waals surface area contributed by atoms with E-state index >= 15 is 0 Å². The number of anilines is 1. The van der Waals surface area contributed by atoms with Crippen molar-refractivity contribution in [2.24, 2.45) is 0 Å². The van der Waals surface area contributed by atoms with E-state index in [9.17, 15) is 31.1 Å². The van der Waals surface area contributed by atoms with Gasteiger partial charge in [0.15, 0.2) is 0 Å². The normalized spacial score (nSPS) is 17.8. The average Bonchev–Trinajstić information content (AvgIpc) is 2.58. The summed E-state index contributed by atoms with van der Waals surface area (Å²) in [6.45, 7) is 0.0521. The molecule has 0 N–H and O–H groups in total. The van der Waals surface area contributed by atoms with Crippen LogP contribution in [-0.2, 0) is 23.6 Å². The molecule has 26 heavy (non-hydrogen) atoms. The van der Waals surface area contributed by atoms with Crippen molar-refractivity contribution in [2.45, 2.75) is 24.8 Å². The first-order valence-corrected chi connectivity index (χ1v) is 7.56. The highest BCUT2D eigenvalue weighted by atomic mass is 19.4. The third-order valence-corrected chi connectivity index (χ3v) is 4.29. The zero-order valence-corrected chi connectivity index (χ0v) is 13.1. The summed E-state index contributed by atoms with van der Waals surface area (Å²) in [7, 11) is 0. The number of pyridine rings is 1. The Morgan fingerprint density at radius 3 is 2.42 bits per heavy atom. The van der Waals surface area contributed by atoms with E-state index in [4.69, 9.17) is 0 Å². The summed E-state index contributed by atoms with van der Waals surface area (Å²) in [6, 6.07) is 2.51. The van der Waals surface area contributed by atoms with E-state index in [1.165, 1.54) is 6.07 Å². The molecule has 1 atom stereocenters. The summed E-state index contributed by atoms with van der Waals surface area (Å²) < 4.78 is 78.7. The molecule has 0 saturated heterocycles. The van der Waals surface area contributed by atoms with Gasteiger partial charge in [-0.05, 0) is 35.7 Å². The average molecular weight is 374 g/mol. The van der Waals surface area contributed by atoms with E-state index in [-0.39, 0.29) is 24.2 Å². The van der Waals surface area contributed by atoms with Crippen molar-refractivity contribution >= 4 is 12.0 Å². The molecule has 0 aliphatic carbocycles. The molecule has 1 aromatic heterocycles. The van der Waals surface area contributed by atoms with Crippen LogP contribution in [-0.4, -0.2) is 17.8 Å². The van der Waals surface area contributed by atoms with Crippen LogP contribution >= 0.6 is 0 Å². The molecule has 2 aromatic rings. The summed E-state index contributed by atoms with van der Waals surface area (Å²) in [5, 5.41) is 0. The molecule has 1 unspecified atom stereocenters. The Balaban J connectivity index is 2.10. The molecule has 0 fully saturated rings. The van der Waals surface area contributed by atoms with Crippen molar-refractivity contribution in [3.8, 4) is 0 Å². The number of aldehydes is 1. The second-order valence-electron chi connectivity index (χ2n) is 5.83. The molecular weight excluding hydrogens is 362 g/mol. The largest absolute Gasteiger partial charge is 0.418 e. The van der Waals surface area contributed by atoms with Crippen molar-refractivity contribution in [3.63, 3.8) is 0 Å². The Bertz CT molecular complexity index is 831. The molecule has 3 rings (SSSR count). The SMILES string of the molecule is O=CC1c2cc(C(F)(F)F)ccc2CCN1c1cnccc1C(F)(F)F. The zero-order chi connectivity index (χ0) is 19.1. The lowest BCUT2D eigenvalue weighted by Crippen LogP contribution is -2.38. The zero-order valence-electron chi connectivity index (χ0n) is 13.1. The minimum atomic E-state index is -4.68. The Morgan fingerprint density at radius 1 is 1.08 bits per heavy atom. The van der Waals surface area contributed by atoms with Gasteiger partial charge in [0.1, 0.15) is 12.3 Å². The highest BCUT2D eigenvalue weighted by molar-refractivity contribution is 5.72. The quantitative estimate of drug-likeness (QED) is 0.576. The van der Waals surface area contributed by atoms with Gasteiger partial charge in [0, 0.05) is 12.7 Å². The van der Waals surface area contributed by atoms with Gasteiger partial charge in [-0.1, -0.05) is 6.07 Å². The predicted octanol–water partition coefficient (Wildman–Crippen LogP) is 4.42. The fraction of sp³-hybridized carbons (Fsp3) is 0.294. The lowest BCUT2D eigenvalue weighted by Gasteiger charge is -2.37. The summed E-state index contributed by atoms with van der Waals surface area (Å²) in [5.41, 5.74) is -1.72. The third kappa shape index (κ3) is 3.25. The number of hydrogen-bond donors (Lipinski definition) is 0. The van der Waals surface area contributed by atoms with Gasteiger partial charge in [0.25, 0.3) is 0 Å². The van der Waals surface area contributed by atoms with E-state index < -0.39 is 29.5 Å². The predicted molar refractivity (Wildman–Crippen MR) is 80.5 cm³/mol. The number of aromatic nitrogens is 1. The van der Waals surface area contributed by atoms with Gasteiger partial charge in [0.05, 0.1) is 23.0 Å². The van der Waals surface area contributed by atoms with Crippen LogP contribution < -0.4 is 4.90 Å². The van der Waals surface area contributed by atoms with E-state index in [2.05, 4.69) is 4.98 Å². The number of carbonyl (C=O) groups excluding carboxylic acids is 1. The van der Waals surface area contributed by atoms with Gasteiger partial charge in [-0.15, -0.1) is 0 Å². The van der Waals surface area contributed by atoms with E-state index in [0.29, 0.717) is 11.8 Å². The molecule has 0 saturated carbocycles. The maximum atomic E-state index is 13.3. The second kappa shape index (κ2) is 6.30. The first-order chi connectivity index (χ1) is 12.1. The first-order valence-electron chi connectivity index (χ1n) is 7.56. The number of nitrogens with zero attached hydrogens (tertiary/aromatic N) is 2. The number of fused-ring (bicyclic) bond motifs is 1. The Kier molecular flexibility index (Phi) is 4.41. The van der Waals surface area contributed by atoms with Crippen LogP contribution in [0.4, 0.5) is 32.0 Å². The van der Waals surface area contributed by atoms with Gasteiger partial charge < -0.3 is 9.69 Å². The van der Waals surface area contributed by atoms with Crippen LogP contribution in [0, 0.1) is 0 Å². The number of rotatable bonds is 2. The van der Waals surface area contributed by atoms with Crippen LogP contribution in [0.2, 0.25) is 0 Å². The van der Waals surface area contributed by atoms with Crippen molar-refractivity contribution < 1.29 is 31.1 Å². The number of carbonyl (C=O) groups is 1. The van der Waals surface area contributed by atoms with Crippen LogP contribution in [0.1, 0.15) is 28.3 Å². The molecule has 9 heteroatoms. The molecule has 1 aromatic carbocycles. The monoisotopic (exact) mass is 374 g/mol.